The number of aromatic nitrogens is 1. The molecule has 0 saturated carbocycles. The Balaban J connectivity index is 2.15. The fourth-order valence-electron chi connectivity index (χ4n) is 2.96. The predicted octanol–water partition coefficient (Wildman–Crippen LogP) is 5.68. The largest absolute Gasteiger partial charge is 0.440 e. The molecule has 6 heteroatoms. The summed E-state index contributed by atoms with van der Waals surface area (Å²) in [6.45, 7) is 12.4. The zero-order chi connectivity index (χ0) is 20.1. The molecule has 0 atom stereocenters. The number of fused-ring (bicyclic) bond motifs is 1. The second-order valence-electron chi connectivity index (χ2n) is 7.74. The van der Waals surface area contributed by atoms with Crippen LogP contribution in [0.2, 0.25) is 5.02 Å². The lowest BCUT2D eigenvalue weighted by atomic mass is 10.0. The van der Waals surface area contributed by atoms with E-state index in [1.807, 2.05) is 18.7 Å². The smallest absolute Gasteiger partial charge is 0.395 e. The van der Waals surface area contributed by atoms with Gasteiger partial charge < -0.3 is 14.1 Å². The Morgan fingerprint density at radius 2 is 1.96 bits per heavy atom. The van der Waals surface area contributed by atoms with Crippen molar-refractivity contribution in [3.8, 4) is 6.08 Å². The van der Waals surface area contributed by atoms with E-state index in [-0.39, 0.29) is 24.6 Å². The molecule has 0 saturated heterocycles. The van der Waals surface area contributed by atoms with Gasteiger partial charge >= 0.3 is 6.08 Å². The number of carbonyl (C=O) groups excluding carboxylic acids is 1. The third kappa shape index (κ3) is 5.99. The molecule has 1 heterocycles. The average molecular weight is 393 g/mol. The summed E-state index contributed by atoms with van der Waals surface area (Å²) in [6, 6.07) is 5.18. The minimum atomic E-state index is -0.133. The molecule has 0 unspecified atom stereocenters. The van der Waals surface area contributed by atoms with Crippen LogP contribution in [0.15, 0.2) is 34.4 Å². The first-order chi connectivity index (χ1) is 12.7. The lowest BCUT2D eigenvalue weighted by molar-refractivity contribution is -0.133. The zero-order valence-electron chi connectivity index (χ0n) is 17.0. The van der Waals surface area contributed by atoms with Crippen molar-refractivity contribution < 1.29 is 13.9 Å². The number of halogens is 1. The number of hydrogen-bond donors (Lipinski definition) is 0. The number of nitrogens with zero attached hydrogens (tertiary/aromatic N) is 2. The van der Waals surface area contributed by atoms with Gasteiger partial charge in [-0.15, -0.1) is 0 Å². The highest BCUT2D eigenvalue weighted by atomic mass is 35.5. The van der Waals surface area contributed by atoms with Crippen LogP contribution in [0, 0.1) is 11.8 Å². The maximum atomic E-state index is 12.9. The number of rotatable bonds is 8. The third-order valence-electron chi connectivity index (χ3n) is 3.89. The first kappa shape index (κ1) is 21.3. The van der Waals surface area contributed by atoms with E-state index >= 15 is 0 Å². The average Bonchev–Trinajstić information content (AvgIpc) is 2.93. The van der Waals surface area contributed by atoms with Gasteiger partial charge in [0, 0.05) is 16.8 Å². The van der Waals surface area contributed by atoms with Crippen molar-refractivity contribution in [1.29, 1.82) is 0 Å². The molecule has 0 radical (unpaired) electrons. The van der Waals surface area contributed by atoms with Crippen LogP contribution in [0.3, 0.4) is 0 Å². The molecular formula is C21H29ClN2O3. The van der Waals surface area contributed by atoms with Crippen molar-refractivity contribution >= 4 is 28.6 Å². The molecule has 5 nitrogen and oxygen atoms in total. The normalized spacial score (nSPS) is 12.4. The van der Waals surface area contributed by atoms with E-state index in [1.54, 1.807) is 18.2 Å². The number of benzene rings is 1. The lowest BCUT2D eigenvalue weighted by Gasteiger charge is -2.31. The van der Waals surface area contributed by atoms with Gasteiger partial charge in [0.05, 0.1) is 0 Å². The number of ether oxygens (including phenoxy) is 1. The molecule has 0 aliphatic heterocycles. The van der Waals surface area contributed by atoms with Crippen molar-refractivity contribution in [3.63, 3.8) is 0 Å². The van der Waals surface area contributed by atoms with Crippen LogP contribution >= 0.6 is 11.6 Å². The van der Waals surface area contributed by atoms with Gasteiger partial charge in [-0.1, -0.05) is 45.4 Å². The fourth-order valence-corrected chi connectivity index (χ4v) is 3.13. The van der Waals surface area contributed by atoms with Gasteiger partial charge in [-0.2, -0.15) is 4.98 Å². The van der Waals surface area contributed by atoms with E-state index in [4.69, 9.17) is 20.8 Å². The minimum absolute atomic E-state index is 0.0345. The van der Waals surface area contributed by atoms with Crippen molar-refractivity contribution in [2.24, 2.45) is 11.8 Å². The highest BCUT2D eigenvalue weighted by Gasteiger charge is 2.23. The van der Waals surface area contributed by atoms with Gasteiger partial charge in [-0.3, -0.25) is 4.79 Å². The van der Waals surface area contributed by atoms with Gasteiger partial charge in [0.1, 0.15) is 5.52 Å². The molecule has 0 spiro atoms. The van der Waals surface area contributed by atoms with Gasteiger partial charge in [0.15, 0.2) is 12.2 Å². The van der Waals surface area contributed by atoms with Gasteiger partial charge in [0.25, 0.3) is 5.91 Å². The molecule has 0 aliphatic rings. The van der Waals surface area contributed by atoms with Crippen LogP contribution in [0.5, 0.6) is 6.08 Å². The molecular weight excluding hydrogens is 364 g/mol. The number of amides is 1. The maximum absolute atomic E-state index is 12.9. The van der Waals surface area contributed by atoms with Gasteiger partial charge in [-0.25, -0.2) is 0 Å². The standard InChI is InChI=1S/C21H29ClN2O3/c1-13(2)9-17(10-14(3)4)24(15(5)6)20(25)12-26-21-23-18-11-16(22)7-8-19(18)27-21/h7-9,11,13-15H,10,12H2,1-6H3/b17-9-. The molecule has 1 aromatic heterocycles. The highest BCUT2D eigenvalue weighted by Crippen LogP contribution is 2.24. The zero-order valence-corrected chi connectivity index (χ0v) is 17.7. The molecule has 0 N–H and O–H groups in total. The topological polar surface area (TPSA) is 55.6 Å². The van der Waals surface area contributed by atoms with Crippen LogP contribution < -0.4 is 4.74 Å². The second kappa shape index (κ2) is 9.27. The number of allylic oxidation sites excluding steroid dienone is 2. The van der Waals surface area contributed by atoms with Gasteiger partial charge in [-0.05, 0) is 50.3 Å². The first-order valence-corrected chi connectivity index (χ1v) is 9.76. The van der Waals surface area contributed by atoms with Crippen LogP contribution in [-0.4, -0.2) is 28.4 Å². The molecule has 2 aromatic rings. The van der Waals surface area contributed by atoms with E-state index in [1.165, 1.54) is 0 Å². The molecule has 27 heavy (non-hydrogen) atoms. The number of carbonyl (C=O) groups is 1. The lowest BCUT2D eigenvalue weighted by Crippen LogP contribution is -2.40. The summed E-state index contributed by atoms with van der Waals surface area (Å²) in [5.41, 5.74) is 2.21. The van der Waals surface area contributed by atoms with Crippen molar-refractivity contribution in [1.82, 2.24) is 9.88 Å². The van der Waals surface area contributed by atoms with Crippen molar-refractivity contribution in [3.05, 3.63) is 35.0 Å². The maximum Gasteiger partial charge on any atom is 0.395 e. The van der Waals surface area contributed by atoms with E-state index < -0.39 is 0 Å². The SMILES string of the molecule is CC(C)/C=C(/CC(C)C)N(C(=O)COc1nc2cc(Cl)ccc2o1)C(C)C. The Morgan fingerprint density at radius 3 is 2.56 bits per heavy atom. The summed E-state index contributed by atoms with van der Waals surface area (Å²) in [4.78, 5) is 19.0. The molecule has 148 valence electrons. The summed E-state index contributed by atoms with van der Waals surface area (Å²) >= 11 is 5.96. The number of oxazole rings is 1. The molecule has 0 aliphatic carbocycles. The van der Waals surface area contributed by atoms with Crippen LogP contribution in [0.25, 0.3) is 11.1 Å². The van der Waals surface area contributed by atoms with Crippen LogP contribution in [-0.2, 0) is 4.79 Å². The Bertz CT molecular complexity index is 809. The van der Waals surface area contributed by atoms with E-state index in [2.05, 4.69) is 38.8 Å². The Morgan fingerprint density at radius 1 is 1.26 bits per heavy atom. The minimum Gasteiger partial charge on any atom is -0.440 e. The molecule has 0 fully saturated rings. The third-order valence-corrected chi connectivity index (χ3v) is 4.12. The summed E-state index contributed by atoms with van der Waals surface area (Å²) < 4.78 is 11.1. The monoisotopic (exact) mass is 392 g/mol. The van der Waals surface area contributed by atoms with Gasteiger partial charge in [0.2, 0.25) is 0 Å². The summed E-state index contributed by atoms with van der Waals surface area (Å²) in [7, 11) is 0. The Kier molecular flexibility index (Phi) is 7.31. The number of hydrogen-bond acceptors (Lipinski definition) is 4. The molecule has 1 aromatic carbocycles. The quantitative estimate of drug-likeness (QED) is 0.579. The Hall–Kier alpha value is -2.01. The van der Waals surface area contributed by atoms with Crippen LogP contribution in [0.1, 0.15) is 48.0 Å². The van der Waals surface area contributed by atoms with Crippen LogP contribution in [0.4, 0.5) is 0 Å². The fraction of sp³-hybridized carbons (Fsp3) is 0.524. The summed E-state index contributed by atoms with van der Waals surface area (Å²) in [5, 5.41) is 0.571. The first-order valence-electron chi connectivity index (χ1n) is 9.39. The second-order valence-corrected chi connectivity index (χ2v) is 8.17. The van der Waals surface area contributed by atoms with E-state index in [0.717, 1.165) is 12.1 Å². The van der Waals surface area contributed by atoms with E-state index in [9.17, 15) is 4.79 Å². The van der Waals surface area contributed by atoms with Crippen molar-refractivity contribution in [2.45, 2.75) is 54.0 Å². The Labute approximate surface area is 166 Å². The summed E-state index contributed by atoms with van der Waals surface area (Å²) in [5.74, 6) is 0.695. The molecule has 1 amide bonds. The van der Waals surface area contributed by atoms with E-state index in [0.29, 0.717) is 28.0 Å². The molecule has 2 rings (SSSR count). The summed E-state index contributed by atoms with van der Waals surface area (Å²) in [6.07, 6.45) is 3.06. The molecule has 0 bridgehead atoms. The predicted molar refractivity (Wildman–Crippen MR) is 109 cm³/mol. The highest BCUT2D eigenvalue weighted by molar-refractivity contribution is 6.31. The van der Waals surface area contributed by atoms with Crippen molar-refractivity contribution in [2.75, 3.05) is 6.61 Å².